The number of fused-ring (bicyclic) bond motifs is 1. The number of nitrogens with zero attached hydrogens (tertiary/aromatic N) is 3. The Bertz CT molecular complexity index is 736. The average Bonchev–Trinajstić information content (AvgIpc) is 2.84. The normalized spacial score (nSPS) is 16.1. The van der Waals surface area contributed by atoms with Crippen molar-refractivity contribution in [3.05, 3.63) is 42.2 Å². The van der Waals surface area contributed by atoms with E-state index in [2.05, 4.69) is 4.98 Å². The maximum Gasteiger partial charge on any atom is 0.243 e. The number of halogens is 1. The number of rotatable bonds is 2. The smallest absolute Gasteiger partial charge is 0.243 e. The first-order valence-electron chi connectivity index (χ1n) is 6.03. The third-order valence-electron chi connectivity index (χ3n) is 3.24. The summed E-state index contributed by atoms with van der Waals surface area (Å²) in [5.41, 5.74) is 5.59. The van der Waals surface area contributed by atoms with Crippen LogP contribution in [0.5, 0.6) is 0 Å². The van der Waals surface area contributed by atoms with Crippen LogP contribution in [0.15, 0.2) is 35.5 Å². The van der Waals surface area contributed by atoms with E-state index < -0.39 is 15.8 Å². The molecule has 0 saturated heterocycles. The summed E-state index contributed by atoms with van der Waals surface area (Å²) in [6.07, 6.45) is 3.44. The Kier molecular flexibility index (Phi) is 2.98. The summed E-state index contributed by atoms with van der Waals surface area (Å²) in [6, 6.07) is 3.33. The number of imidazole rings is 1. The summed E-state index contributed by atoms with van der Waals surface area (Å²) in [5.74, 6) is 0.00582. The van der Waals surface area contributed by atoms with Gasteiger partial charge < -0.3 is 10.3 Å². The van der Waals surface area contributed by atoms with Crippen molar-refractivity contribution < 1.29 is 12.8 Å². The monoisotopic (exact) mass is 296 g/mol. The van der Waals surface area contributed by atoms with E-state index in [9.17, 15) is 12.8 Å². The molecule has 0 spiro atoms. The maximum absolute atomic E-state index is 13.3. The Morgan fingerprint density at radius 3 is 2.80 bits per heavy atom. The Hall–Kier alpha value is -1.93. The lowest BCUT2D eigenvalue weighted by atomic mass is 10.3. The molecule has 1 aromatic carbocycles. The van der Waals surface area contributed by atoms with Crippen molar-refractivity contribution in [2.75, 3.05) is 12.3 Å². The molecule has 6 nitrogen and oxygen atoms in total. The van der Waals surface area contributed by atoms with E-state index in [0.29, 0.717) is 18.9 Å². The fourth-order valence-electron chi connectivity index (χ4n) is 2.24. The highest BCUT2D eigenvalue weighted by Gasteiger charge is 2.29. The lowest BCUT2D eigenvalue weighted by Crippen LogP contribution is -2.38. The van der Waals surface area contributed by atoms with Crippen molar-refractivity contribution >= 4 is 15.7 Å². The SMILES string of the molecule is Nc1cc(F)cc(S(=O)(=O)N2CCn3ccnc3C2)c1. The highest BCUT2D eigenvalue weighted by atomic mass is 32.2. The van der Waals surface area contributed by atoms with Crippen molar-refractivity contribution in [2.24, 2.45) is 0 Å². The van der Waals surface area contributed by atoms with Gasteiger partial charge in [-0.05, 0) is 18.2 Å². The van der Waals surface area contributed by atoms with Crippen LogP contribution in [0.1, 0.15) is 5.82 Å². The number of hydrogen-bond donors (Lipinski definition) is 1. The van der Waals surface area contributed by atoms with Crippen molar-refractivity contribution in [1.82, 2.24) is 13.9 Å². The van der Waals surface area contributed by atoms with Gasteiger partial charge in [-0.3, -0.25) is 0 Å². The zero-order valence-corrected chi connectivity index (χ0v) is 11.3. The zero-order valence-electron chi connectivity index (χ0n) is 10.5. The van der Waals surface area contributed by atoms with Crippen LogP contribution >= 0.6 is 0 Å². The number of benzene rings is 1. The van der Waals surface area contributed by atoms with Gasteiger partial charge in [-0.1, -0.05) is 0 Å². The van der Waals surface area contributed by atoms with Gasteiger partial charge in [-0.15, -0.1) is 0 Å². The molecule has 0 unspecified atom stereocenters. The van der Waals surface area contributed by atoms with Crippen molar-refractivity contribution in [2.45, 2.75) is 18.0 Å². The standard InChI is InChI=1S/C12H13FN4O2S/c13-9-5-10(14)7-11(6-9)20(18,19)17-4-3-16-2-1-15-12(16)8-17/h1-2,5-7H,3-4,8,14H2. The molecular weight excluding hydrogens is 283 g/mol. The van der Waals surface area contributed by atoms with Gasteiger partial charge in [0.1, 0.15) is 11.6 Å². The molecule has 106 valence electrons. The highest BCUT2D eigenvalue weighted by Crippen LogP contribution is 2.23. The molecule has 2 N–H and O–H groups in total. The van der Waals surface area contributed by atoms with Crippen LogP contribution in [0.25, 0.3) is 0 Å². The fourth-order valence-corrected chi connectivity index (χ4v) is 3.69. The summed E-state index contributed by atoms with van der Waals surface area (Å²) in [5, 5.41) is 0. The molecule has 2 heterocycles. The quantitative estimate of drug-likeness (QED) is 0.832. The molecule has 0 amide bonds. The number of aromatic nitrogens is 2. The number of anilines is 1. The van der Waals surface area contributed by atoms with Gasteiger partial charge in [0.05, 0.1) is 11.4 Å². The minimum absolute atomic E-state index is 0.0853. The van der Waals surface area contributed by atoms with Crippen molar-refractivity contribution in [3.8, 4) is 0 Å². The van der Waals surface area contributed by atoms with Gasteiger partial charge in [0.2, 0.25) is 10.0 Å². The highest BCUT2D eigenvalue weighted by molar-refractivity contribution is 7.89. The first-order chi connectivity index (χ1) is 9.46. The summed E-state index contributed by atoms with van der Waals surface area (Å²) in [7, 11) is -3.77. The average molecular weight is 296 g/mol. The van der Waals surface area contributed by atoms with E-state index in [-0.39, 0.29) is 17.1 Å². The summed E-state index contributed by atoms with van der Waals surface area (Å²) in [6.45, 7) is 1.02. The van der Waals surface area contributed by atoms with Crippen molar-refractivity contribution in [3.63, 3.8) is 0 Å². The topological polar surface area (TPSA) is 81.2 Å². The molecule has 3 rings (SSSR count). The summed E-state index contributed by atoms with van der Waals surface area (Å²) in [4.78, 5) is 3.98. The molecule has 0 saturated carbocycles. The van der Waals surface area contributed by atoms with Gasteiger partial charge in [0, 0.05) is 31.2 Å². The predicted octanol–water partition coefficient (Wildman–Crippen LogP) is 0.809. The van der Waals surface area contributed by atoms with Crippen LogP contribution in [0, 0.1) is 5.82 Å². The molecule has 8 heteroatoms. The third-order valence-corrected chi connectivity index (χ3v) is 5.06. The number of sulfonamides is 1. The Morgan fingerprint density at radius 2 is 2.05 bits per heavy atom. The van der Waals surface area contributed by atoms with Gasteiger partial charge >= 0.3 is 0 Å². The lowest BCUT2D eigenvalue weighted by molar-refractivity contribution is 0.335. The minimum atomic E-state index is -3.77. The van der Waals surface area contributed by atoms with E-state index in [4.69, 9.17) is 5.73 Å². The Morgan fingerprint density at radius 1 is 1.25 bits per heavy atom. The van der Waals surface area contributed by atoms with Gasteiger partial charge in [-0.25, -0.2) is 17.8 Å². The van der Waals surface area contributed by atoms with Crippen LogP contribution in [-0.4, -0.2) is 28.8 Å². The number of nitrogens with two attached hydrogens (primary N) is 1. The van der Waals surface area contributed by atoms with Gasteiger partial charge in [-0.2, -0.15) is 4.31 Å². The minimum Gasteiger partial charge on any atom is -0.399 e. The van der Waals surface area contributed by atoms with Crippen LogP contribution in [0.2, 0.25) is 0 Å². The predicted molar refractivity (Wildman–Crippen MR) is 70.6 cm³/mol. The molecule has 1 aliphatic heterocycles. The van der Waals surface area contributed by atoms with Crippen LogP contribution in [-0.2, 0) is 23.1 Å². The summed E-state index contributed by atoms with van der Waals surface area (Å²) < 4.78 is 41.5. The van der Waals surface area contributed by atoms with E-state index in [0.717, 1.165) is 12.1 Å². The van der Waals surface area contributed by atoms with E-state index >= 15 is 0 Å². The molecule has 0 fully saturated rings. The van der Waals surface area contributed by atoms with Gasteiger partial charge in [0.15, 0.2) is 0 Å². The largest absolute Gasteiger partial charge is 0.399 e. The number of hydrogen-bond acceptors (Lipinski definition) is 4. The molecule has 0 radical (unpaired) electrons. The Labute approximate surface area is 115 Å². The number of nitrogen functional groups attached to an aromatic ring is 1. The molecule has 0 aliphatic carbocycles. The Balaban J connectivity index is 1.97. The lowest BCUT2D eigenvalue weighted by Gasteiger charge is -2.27. The second kappa shape index (κ2) is 4.57. The van der Waals surface area contributed by atoms with Crippen LogP contribution < -0.4 is 5.73 Å². The molecule has 0 bridgehead atoms. The van der Waals surface area contributed by atoms with Crippen LogP contribution in [0.3, 0.4) is 0 Å². The molecular formula is C12H13FN4O2S. The first-order valence-corrected chi connectivity index (χ1v) is 7.47. The molecule has 0 atom stereocenters. The van der Waals surface area contributed by atoms with Gasteiger partial charge in [0.25, 0.3) is 0 Å². The second-order valence-corrected chi connectivity index (χ2v) is 6.53. The van der Waals surface area contributed by atoms with E-state index in [1.807, 2.05) is 4.57 Å². The summed E-state index contributed by atoms with van der Waals surface area (Å²) >= 11 is 0. The second-order valence-electron chi connectivity index (χ2n) is 4.60. The first kappa shape index (κ1) is 13.1. The molecule has 2 aromatic rings. The van der Waals surface area contributed by atoms with E-state index in [1.54, 1.807) is 12.4 Å². The third kappa shape index (κ3) is 2.16. The fraction of sp³-hybridized carbons (Fsp3) is 0.250. The maximum atomic E-state index is 13.3. The molecule has 1 aromatic heterocycles. The zero-order chi connectivity index (χ0) is 14.3. The van der Waals surface area contributed by atoms with E-state index in [1.165, 1.54) is 10.4 Å². The van der Waals surface area contributed by atoms with Crippen LogP contribution in [0.4, 0.5) is 10.1 Å². The molecule has 20 heavy (non-hydrogen) atoms. The van der Waals surface area contributed by atoms with Crippen molar-refractivity contribution in [1.29, 1.82) is 0 Å². The molecule has 1 aliphatic rings.